The molecule has 28 heavy (non-hydrogen) atoms. The van der Waals surface area contributed by atoms with Crippen LogP contribution in [-0.2, 0) is 14.8 Å². The summed E-state index contributed by atoms with van der Waals surface area (Å²) in [7, 11) is -3.55. The molecule has 1 aliphatic rings. The van der Waals surface area contributed by atoms with Crippen molar-refractivity contribution in [3.05, 3.63) is 54.3 Å². The summed E-state index contributed by atoms with van der Waals surface area (Å²) in [6, 6.07) is 12.3. The number of piperidine rings is 1. The molecule has 1 unspecified atom stereocenters. The zero-order valence-corrected chi connectivity index (χ0v) is 17.2. The lowest BCUT2D eigenvalue weighted by atomic mass is 10.2. The number of nitrogens with one attached hydrogen (secondary N) is 1. The number of hydrogen-bond donors (Lipinski definition) is 1. The first kappa shape index (κ1) is 20.8. The van der Waals surface area contributed by atoms with Crippen LogP contribution in [0.2, 0.25) is 0 Å². The molecule has 1 saturated heterocycles. The molecule has 2 aromatic rings. The van der Waals surface area contributed by atoms with Gasteiger partial charge in [0, 0.05) is 23.7 Å². The molecule has 8 heteroatoms. The minimum Gasteiger partial charge on any atom is -0.325 e. The quantitative estimate of drug-likeness (QED) is 0.711. The standard InChI is InChI=1S/C20H23FN2O3S2/c1-15(27-18-10-8-16(21)9-11-18)20(24)22-17-6-5-7-19(14-17)28(25,26)23-12-3-2-4-13-23/h5-11,14-15H,2-4,12-13H2,1H3,(H,22,24). The van der Waals surface area contributed by atoms with E-state index in [-0.39, 0.29) is 16.6 Å². The van der Waals surface area contributed by atoms with Crippen LogP contribution in [0.15, 0.2) is 58.3 Å². The first-order valence-electron chi connectivity index (χ1n) is 9.19. The molecule has 1 amide bonds. The first-order chi connectivity index (χ1) is 13.4. The summed E-state index contributed by atoms with van der Waals surface area (Å²) in [6.45, 7) is 2.81. The Morgan fingerprint density at radius 2 is 1.79 bits per heavy atom. The number of nitrogens with zero attached hydrogens (tertiary/aromatic N) is 1. The molecular weight excluding hydrogens is 399 g/mol. The molecule has 1 N–H and O–H groups in total. The van der Waals surface area contributed by atoms with E-state index in [1.165, 1.54) is 34.3 Å². The van der Waals surface area contributed by atoms with Crippen LogP contribution < -0.4 is 5.32 Å². The summed E-state index contributed by atoms with van der Waals surface area (Å²) in [4.78, 5) is 13.4. The van der Waals surface area contributed by atoms with Crippen LogP contribution in [0.1, 0.15) is 26.2 Å². The number of sulfonamides is 1. The lowest BCUT2D eigenvalue weighted by Gasteiger charge is -2.26. The van der Waals surface area contributed by atoms with E-state index in [0.29, 0.717) is 18.8 Å². The zero-order valence-electron chi connectivity index (χ0n) is 15.6. The van der Waals surface area contributed by atoms with Gasteiger partial charge in [-0.15, -0.1) is 11.8 Å². The molecule has 2 aromatic carbocycles. The average molecular weight is 423 g/mol. The van der Waals surface area contributed by atoms with Crippen LogP contribution in [0.4, 0.5) is 10.1 Å². The fraction of sp³-hybridized carbons (Fsp3) is 0.350. The lowest BCUT2D eigenvalue weighted by molar-refractivity contribution is -0.115. The molecule has 0 saturated carbocycles. The minimum absolute atomic E-state index is 0.186. The predicted octanol–water partition coefficient (Wildman–Crippen LogP) is 4.12. The second-order valence-corrected chi connectivity index (χ2v) is 10.0. The molecule has 150 valence electrons. The summed E-state index contributed by atoms with van der Waals surface area (Å²) in [5, 5.41) is 2.35. The van der Waals surface area contributed by atoms with Crippen molar-refractivity contribution in [2.45, 2.75) is 41.2 Å². The number of benzene rings is 2. The number of anilines is 1. The highest BCUT2D eigenvalue weighted by molar-refractivity contribution is 8.00. The van der Waals surface area contributed by atoms with Gasteiger partial charge in [-0.2, -0.15) is 4.31 Å². The van der Waals surface area contributed by atoms with Crippen molar-refractivity contribution >= 4 is 33.4 Å². The molecule has 0 aromatic heterocycles. The van der Waals surface area contributed by atoms with Crippen molar-refractivity contribution in [1.29, 1.82) is 0 Å². The monoisotopic (exact) mass is 422 g/mol. The maximum Gasteiger partial charge on any atom is 0.243 e. The summed E-state index contributed by atoms with van der Waals surface area (Å²) < 4.78 is 40.1. The summed E-state index contributed by atoms with van der Waals surface area (Å²) in [5.41, 5.74) is 0.439. The Bertz CT molecular complexity index is 927. The maximum atomic E-state index is 13.0. The summed E-state index contributed by atoms with van der Waals surface area (Å²) in [5.74, 6) is -0.574. The minimum atomic E-state index is -3.55. The molecule has 0 spiro atoms. The molecule has 0 aliphatic carbocycles. The van der Waals surface area contributed by atoms with Crippen molar-refractivity contribution in [3.8, 4) is 0 Å². The highest BCUT2D eigenvalue weighted by Crippen LogP contribution is 2.26. The molecule has 1 aliphatic heterocycles. The fourth-order valence-electron chi connectivity index (χ4n) is 3.00. The van der Waals surface area contributed by atoms with Crippen LogP contribution in [0.5, 0.6) is 0 Å². The number of amides is 1. The van der Waals surface area contributed by atoms with Crippen molar-refractivity contribution < 1.29 is 17.6 Å². The Morgan fingerprint density at radius 1 is 1.11 bits per heavy atom. The van der Waals surface area contributed by atoms with E-state index in [4.69, 9.17) is 0 Å². The second kappa shape index (κ2) is 9.07. The van der Waals surface area contributed by atoms with E-state index in [0.717, 1.165) is 24.2 Å². The van der Waals surface area contributed by atoms with Gasteiger partial charge >= 0.3 is 0 Å². The maximum absolute atomic E-state index is 13.0. The smallest absolute Gasteiger partial charge is 0.243 e. The average Bonchev–Trinajstić information content (AvgIpc) is 2.70. The number of carbonyl (C=O) groups excluding carboxylic acids is 1. The van der Waals surface area contributed by atoms with Crippen molar-refractivity contribution in [3.63, 3.8) is 0 Å². The molecule has 1 fully saturated rings. The fourth-order valence-corrected chi connectivity index (χ4v) is 5.43. The molecule has 1 heterocycles. The molecular formula is C20H23FN2O3S2. The Kier molecular flexibility index (Phi) is 6.74. The highest BCUT2D eigenvalue weighted by atomic mass is 32.2. The number of carbonyl (C=O) groups is 1. The molecule has 0 radical (unpaired) electrons. The Hall–Kier alpha value is -1.90. The Labute approximate surface area is 169 Å². The van der Waals surface area contributed by atoms with E-state index in [1.807, 2.05) is 0 Å². The van der Waals surface area contributed by atoms with E-state index in [1.54, 1.807) is 37.3 Å². The molecule has 5 nitrogen and oxygen atoms in total. The van der Waals surface area contributed by atoms with Gasteiger partial charge in [-0.05, 0) is 62.2 Å². The van der Waals surface area contributed by atoms with Gasteiger partial charge in [-0.25, -0.2) is 12.8 Å². The first-order valence-corrected chi connectivity index (χ1v) is 11.5. The van der Waals surface area contributed by atoms with E-state index < -0.39 is 15.3 Å². The number of hydrogen-bond acceptors (Lipinski definition) is 4. The summed E-state index contributed by atoms with van der Waals surface area (Å²) in [6.07, 6.45) is 2.79. The zero-order chi connectivity index (χ0) is 20.1. The lowest BCUT2D eigenvalue weighted by Crippen LogP contribution is -2.35. The third kappa shape index (κ3) is 5.12. The molecule has 0 bridgehead atoms. The van der Waals surface area contributed by atoms with E-state index >= 15 is 0 Å². The number of halogens is 1. The van der Waals surface area contributed by atoms with Crippen molar-refractivity contribution in [1.82, 2.24) is 4.31 Å². The third-order valence-electron chi connectivity index (χ3n) is 4.55. The van der Waals surface area contributed by atoms with Gasteiger partial charge in [0.25, 0.3) is 0 Å². The van der Waals surface area contributed by atoms with Crippen LogP contribution in [0, 0.1) is 5.82 Å². The van der Waals surface area contributed by atoms with Crippen LogP contribution in [-0.4, -0.2) is 37.0 Å². The number of rotatable bonds is 6. The second-order valence-electron chi connectivity index (χ2n) is 6.70. The Balaban J connectivity index is 1.68. The van der Waals surface area contributed by atoms with Gasteiger partial charge in [0.2, 0.25) is 15.9 Å². The van der Waals surface area contributed by atoms with Crippen LogP contribution >= 0.6 is 11.8 Å². The van der Waals surface area contributed by atoms with E-state index in [9.17, 15) is 17.6 Å². The largest absolute Gasteiger partial charge is 0.325 e. The van der Waals surface area contributed by atoms with E-state index in [2.05, 4.69) is 5.32 Å². The van der Waals surface area contributed by atoms with Crippen molar-refractivity contribution in [2.75, 3.05) is 18.4 Å². The Morgan fingerprint density at radius 3 is 2.46 bits per heavy atom. The normalized spacial score (nSPS) is 16.5. The summed E-state index contributed by atoms with van der Waals surface area (Å²) >= 11 is 1.31. The van der Waals surface area contributed by atoms with Gasteiger partial charge in [-0.1, -0.05) is 12.5 Å². The highest BCUT2D eigenvalue weighted by Gasteiger charge is 2.26. The SMILES string of the molecule is CC(Sc1ccc(F)cc1)C(=O)Nc1cccc(S(=O)(=O)N2CCCCC2)c1. The third-order valence-corrected chi connectivity index (χ3v) is 7.56. The van der Waals surface area contributed by atoms with Crippen LogP contribution in [0.25, 0.3) is 0 Å². The van der Waals surface area contributed by atoms with Gasteiger partial charge in [0.1, 0.15) is 5.82 Å². The number of thioether (sulfide) groups is 1. The van der Waals surface area contributed by atoms with Gasteiger partial charge in [0.05, 0.1) is 10.1 Å². The molecule has 1 atom stereocenters. The topological polar surface area (TPSA) is 66.5 Å². The van der Waals surface area contributed by atoms with Gasteiger partial charge in [-0.3, -0.25) is 4.79 Å². The molecule has 3 rings (SSSR count). The van der Waals surface area contributed by atoms with Crippen LogP contribution in [0.3, 0.4) is 0 Å². The van der Waals surface area contributed by atoms with Gasteiger partial charge in [0.15, 0.2) is 0 Å². The van der Waals surface area contributed by atoms with Crippen molar-refractivity contribution in [2.24, 2.45) is 0 Å². The predicted molar refractivity (Wildman–Crippen MR) is 109 cm³/mol. The van der Waals surface area contributed by atoms with Gasteiger partial charge < -0.3 is 5.32 Å².